The molecular weight excluding hydrogens is 226 g/mol. The molecule has 1 saturated carbocycles. The highest BCUT2D eigenvalue weighted by atomic mass is 16.1. The number of hydrogen-bond donors (Lipinski definition) is 1. The van der Waals surface area contributed by atoms with Crippen LogP contribution >= 0.6 is 0 Å². The maximum atomic E-state index is 11.4. The highest BCUT2D eigenvalue weighted by Crippen LogP contribution is 2.24. The van der Waals surface area contributed by atoms with E-state index in [0.717, 1.165) is 18.9 Å². The van der Waals surface area contributed by atoms with Crippen molar-refractivity contribution in [1.29, 1.82) is 0 Å². The minimum Gasteiger partial charge on any atom is -0.353 e. The monoisotopic (exact) mass is 253 g/mol. The van der Waals surface area contributed by atoms with Crippen LogP contribution in [0.5, 0.6) is 0 Å². The molecule has 0 spiro atoms. The summed E-state index contributed by atoms with van der Waals surface area (Å²) >= 11 is 0. The number of amides is 1. The summed E-state index contributed by atoms with van der Waals surface area (Å²) in [4.78, 5) is 16.4. The maximum absolute atomic E-state index is 11.4. The van der Waals surface area contributed by atoms with Gasteiger partial charge >= 0.3 is 0 Å². The Bertz CT molecular complexity index is 266. The van der Waals surface area contributed by atoms with Crippen molar-refractivity contribution in [3.63, 3.8) is 0 Å². The third kappa shape index (κ3) is 3.69. The molecule has 1 amide bonds. The topological polar surface area (TPSA) is 35.6 Å². The number of carbonyl (C=O) groups excluding carboxylic acids is 1. The highest BCUT2D eigenvalue weighted by molar-refractivity contribution is 5.75. The standard InChI is InChI=1S/C14H27N3O/c1-3-14(18)15-12-4-6-13(7-5-12)17-10-8-16(2)9-11-17/h12-13H,3-11H2,1-2H3,(H,15,18). The minimum absolute atomic E-state index is 0.207. The molecule has 0 aromatic rings. The molecule has 1 saturated heterocycles. The summed E-state index contributed by atoms with van der Waals surface area (Å²) in [6.07, 6.45) is 5.42. The van der Waals surface area contributed by atoms with E-state index in [4.69, 9.17) is 0 Å². The summed E-state index contributed by atoms with van der Waals surface area (Å²) in [5.41, 5.74) is 0. The Morgan fingerprint density at radius 3 is 2.28 bits per heavy atom. The number of carbonyl (C=O) groups is 1. The average Bonchev–Trinajstić information content (AvgIpc) is 2.40. The van der Waals surface area contributed by atoms with E-state index in [9.17, 15) is 4.79 Å². The molecule has 2 fully saturated rings. The Morgan fingerprint density at radius 1 is 1.11 bits per heavy atom. The second kappa shape index (κ2) is 6.53. The number of likely N-dealkylation sites (N-methyl/N-ethyl adjacent to an activating group) is 1. The second-order valence-electron chi connectivity index (χ2n) is 5.77. The van der Waals surface area contributed by atoms with Crippen molar-refractivity contribution in [3.8, 4) is 0 Å². The van der Waals surface area contributed by atoms with E-state index in [0.29, 0.717) is 12.5 Å². The molecule has 0 radical (unpaired) electrons. The van der Waals surface area contributed by atoms with Crippen LogP contribution in [-0.4, -0.2) is 61.0 Å². The summed E-state index contributed by atoms with van der Waals surface area (Å²) in [7, 11) is 2.20. The number of hydrogen-bond acceptors (Lipinski definition) is 3. The van der Waals surface area contributed by atoms with E-state index in [2.05, 4.69) is 22.2 Å². The Kier molecular flexibility index (Phi) is 5.01. The first kappa shape index (κ1) is 13.8. The van der Waals surface area contributed by atoms with Crippen LogP contribution in [0.3, 0.4) is 0 Å². The molecule has 4 nitrogen and oxygen atoms in total. The van der Waals surface area contributed by atoms with Gasteiger partial charge in [-0.05, 0) is 32.7 Å². The van der Waals surface area contributed by atoms with Crippen LogP contribution in [0, 0.1) is 0 Å². The fourth-order valence-corrected chi connectivity index (χ4v) is 3.10. The Hall–Kier alpha value is -0.610. The van der Waals surface area contributed by atoms with Crippen LogP contribution in [0.1, 0.15) is 39.0 Å². The molecule has 0 bridgehead atoms. The zero-order chi connectivity index (χ0) is 13.0. The molecule has 1 N–H and O–H groups in total. The minimum atomic E-state index is 0.207. The molecule has 0 atom stereocenters. The molecule has 104 valence electrons. The van der Waals surface area contributed by atoms with E-state index in [1.807, 2.05) is 6.92 Å². The Morgan fingerprint density at radius 2 is 1.72 bits per heavy atom. The predicted molar refractivity (Wildman–Crippen MR) is 73.5 cm³/mol. The third-order valence-electron chi connectivity index (χ3n) is 4.44. The molecule has 0 aromatic carbocycles. The summed E-state index contributed by atoms with van der Waals surface area (Å²) in [6, 6.07) is 1.19. The van der Waals surface area contributed by atoms with Crippen molar-refractivity contribution in [2.45, 2.75) is 51.1 Å². The molecule has 2 aliphatic rings. The highest BCUT2D eigenvalue weighted by Gasteiger charge is 2.27. The molecule has 1 heterocycles. The second-order valence-corrected chi connectivity index (χ2v) is 5.77. The molecule has 0 aromatic heterocycles. The number of piperazine rings is 1. The van der Waals surface area contributed by atoms with Gasteiger partial charge in [-0.3, -0.25) is 9.69 Å². The van der Waals surface area contributed by atoms with Crippen molar-refractivity contribution >= 4 is 5.91 Å². The van der Waals surface area contributed by atoms with Crippen molar-refractivity contribution < 1.29 is 4.79 Å². The lowest BCUT2D eigenvalue weighted by atomic mass is 9.89. The lowest BCUT2D eigenvalue weighted by Crippen LogP contribution is -2.51. The van der Waals surface area contributed by atoms with Crippen molar-refractivity contribution in [2.75, 3.05) is 33.2 Å². The molecule has 1 aliphatic carbocycles. The van der Waals surface area contributed by atoms with E-state index >= 15 is 0 Å². The molecule has 2 rings (SSSR count). The van der Waals surface area contributed by atoms with Gasteiger partial charge < -0.3 is 10.2 Å². The smallest absolute Gasteiger partial charge is 0.219 e. The zero-order valence-corrected chi connectivity index (χ0v) is 11.8. The van der Waals surface area contributed by atoms with Gasteiger partial charge in [0, 0.05) is 44.7 Å². The SMILES string of the molecule is CCC(=O)NC1CCC(N2CCN(C)CC2)CC1. The van der Waals surface area contributed by atoms with Gasteiger partial charge in [0.2, 0.25) is 5.91 Å². The van der Waals surface area contributed by atoms with Crippen molar-refractivity contribution in [1.82, 2.24) is 15.1 Å². The lowest BCUT2D eigenvalue weighted by molar-refractivity contribution is -0.121. The number of nitrogens with one attached hydrogen (secondary N) is 1. The van der Waals surface area contributed by atoms with Crippen LogP contribution in [0.4, 0.5) is 0 Å². The van der Waals surface area contributed by atoms with Crippen LogP contribution < -0.4 is 5.32 Å². The first-order valence-electron chi connectivity index (χ1n) is 7.41. The summed E-state index contributed by atoms with van der Waals surface area (Å²) < 4.78 is 0. The van der Waals surface area contributed by atoms with Gasteiger partial charge in [-0.15, -0.1) is 0 Å². The van der Waals surface area contributed by atoms with Crippen LogP contribution in [0.2, 0.25) is 0 Å². The average molecular weight is 253 g/mol. The van der Waals surface area contributed by atoms with Gasteiger partial charge in [-0.2, -0.15) is 0 Å². The summed E-state index contributed by atoms with van der Waals surface area (Å²) in [5.74, 6) is 0.207. The van der Waals surface area contributed by atoms with E-state index < -0.39 is 0 Å². The first-order valence-corrected chi connectivity index (χ1v) is 7.41. The zero-order valence-electron chi connectivity index (χ0n) is 11.8. The van der Waals surface area contributed by atoms with Gasteiger partial charge in [0.15, 0.2) is 0 Å². The molecule has 4 heteroatoms. The maximum Gasteiger partial charge on any atom is 0.219 e. The predicted octanol–water partition coefficient (Wildman–Crippen LogP) is 1.07. The Labute approximate surface area is 111 Å². The van der Waals surface area contributed by atoms with E-state index in [1.165, 1.54) is 39.0 Å². The van der Waals surface area contributed by atoms with Crippen molar-refractivity contribution in [2.24, 2.45) is 0 Å². The fraction of sp³-hybridized carbons (Fsp3) is 0.929. The fourth-order valence-electron chi connectivity index (χ4n) is 3.10. The van der Waals surface area contributed by atoms with Gasteiger partial charge in [0.05, 0.1) is 0 Å². The van der Waals surface area contributed by atoms with Gasteiger partial charge in [-0.1, -0.05) is 6.92 Å². The lowest BCUT2D eigenvalue weighted by Gasteiger charge is -2.41. The van der Waals surface area contributed by atoms with Gasteiger partial charge in [0.1, 0.15) is 0 Å². The number of nitrogens with zero attached hydrogens (tertiary/aromatic N) is 2. The van der Waals surface area contributed by atoms with Gasteiger partial charge in [-0.25, -0.2) is 0 Å². The molecular formula is C14H27N3O. The largest absolute Gasteiger partial charge is 0.353 e. The normalized spacial score (nSPS) is 31.2. The Balaban J connectivity index is 1.71. The first-order chi connectivity index (χ1) is 8.69. The number of rotatable bonds is 3. The van der Waals surface area contributed by atoms with E-state index in [1.54, 1.807) is 0 Å². The quantitative estimate of drug-likeness (QED) is 0.817. The van der Waals surface area contributed by atoms with Gasteiger partial charge in [0.25, 0.3) is 0 Å². The summed E-state index contributed by atoms with van der Waals surface area (Å²) in [5, 5.41) is 3.13. The molecule has 1 aliphatic heterocycles. The molecule has 0 unspecified atom stereocenters. The van der Waals surface area contributed by atoms with E-state index in [-0.39, 0.29) is 5.91 Å². The summed E-state index contributed by atoms with van der Waals surface area (Å²) in [6.45, 7) is 6.75. The molecule has 18 heavy (non-hydrogen) atoms. The van der Waals surface area contributed by atoms with Crippen LogP contribution in [0.25, 0.3) is 0 Å². The van der Waals surface area contributed by atoms with Crippen molar-refractivity contribution in [3.05, 3.63) is 0 Å². The van der Waals surface area contributed by atoms with Crippen LogP contribution in [-0.2, 0) is 4.79 Å². The third-order valence-corrected chi connectivity index (χ3v) is 4.44. The van der Waals surface area contributed by atoms with Crippen LogP contribution in [0.15, 0.2) is 0 Å².